The molecule has 0 amide bonds. The normalized spacial score (nSPS) is 45.0. The summed E-state index contributed by atoms with van der Waals surface area (Å²) >= 11 is 0. The van der Waals surface area contributed by atoms with Crippen LogP contribution in [0.2, 0.25) is 0 Å². The lowest BCUT2D eigenvalue weighted by atomic mass is 9.93. The number of aliphatic hydroxyl groups excluding tert-OH is 3. The summed E-state index contributed by atoms with van der Waals surface area (Å²) in [6.45, 7) is 0. The molecular weight excluding hydrogens is 120 g/mol. The van der Waals surface area contributed by atoms with Crippen molar-refractivity contribution in [1.82, 2.24) is 0 Å². The third-order valence-corrected chi connectivity index (χ3v) is 1.75. The second kappa shape index (κ2) is 2.64. The first-order valence-electron chi connectivity index (χ1n) is 3.24. The highest BCUT2D eigenvalue weighted by Crippen LogP contribution is 2.18. The Bertz CT molecular complexity index is 94.3. The van der Waals surface area contributed by atoms with Gasteiger partial charge in [-0.3, -0.25) is 0 Å². The van der Waals surface area contributed by atoms with Crippen molar-refractivity contribution in [2.24, 2.45) is 0 Å². The first-order valence-corrected chi connectivity index (χ1v) is 3.24. The molecule has 0 aromatic rings. The van der Waals surface area contributed by atoms with E-state index >= 15 is 0 Å². The van der Waals surface area contributed by atoms with Crippen molar-refractivity contribution in [3.05, 3.63) is 0 Å². The summed E-state index contributed by atoms with van der Waals surface area (Å²) in [6, 6.07) is 0. The molecule has 0 aromatic heterocycles. The Hall–Kier alpha value is -0.120. The van der Waals surface area contributed by atoms with Crippen LogP contribution in [-0.2, 0) is 0 Å². The van der Waals surface area contributed by atoms with Crippen LogP contribution in [0, 0.1) is 0 Å². The van der Waals surface area contributed by atoms with Crippen molar-refractivity contribution in [2.45, 2.75) is 37.6 Å². The molecule has 0 heterocycles. The van der Waals surface area contributed by atoms with Gasteiger partial charge >= 0.3 is 0 Å². The molecule has 3 N–H and O–H groups in total. The van der Waals surface area contributed by atoms with Gasteiger partial charge in [0.15, 0.2) is 0 Å². The quantitative estimate of drug-likeness (QED) is 0.406. The summed E-state index contributed by atoms with van der Waals surface area (Å²) in [5.74, 6) is 0. The second-order valence-corrected chi connectivity index (χ2v) is 2.60. The highest BCUT2D eigenvalue weighted by molar-refractivity contribution is 4.77. The average Bonchev–Trinajstić information content (AvgIpc) is 1.80. The van der Waals surface area contributed by atoms with Crippen LogP contribution in [0.4, 0.5) is 0 Å². The predicted octanol–water partition coefficient (Wildman–Crippen LogP) is -0.747. The Morgan fingerprint density at radius 3 is 2.00 bits per heavy atom. The highest BCUT2D eigenvalue weighted by Gasteiger charge is 2.25. The van der Waals surface area contributed by atoms with E-state index in [0.717, 1.165) is 0 Å². The third-order valence-electron chi connectivity index (χ3n) is 1.75. The highest BCUT2D eigenvalue weighted by atomic mass is 16.3. The molecule has 0 aliphatic heterocycles. The molecule has 9 heavy (non-hydrogen) atoms. The lowest BCUT2D eigenvalue weighted by Gasteiger charge is -2.26. The fourth-order valence-corrected chi connectivity index (χ4v) is 1.11. The molecule has 3 heteroatoms. The van der Waals surface area contributed by atoms with Crippen molar-refractivity contribution < 1.29 is 15.3 Å². The molecule has 1 saturated carbocycles. The Morgan fingerprint density at radius 2 is 1.56 bits per heavy atom. The lowest BCUT2D eigenvalue weighted by molar-refractivity contribution is -0.0494. The van der Waals surface area contributed by atoms with Gasteiger partial charge in [-0.05, 0) is 12.8 Å². The summed E-state index contributed by atoms with van der Waals surface area (Å²) in [4.78, 5) is 0. The number of aliphatic hydroxyl groups is 3. The molecule has 3 unspecified atom stereocenters. The standard InChI is InChI=1S/C6H12O3/c7-4-1-2-5(8)6(9)3-4/h4-9H,1-3H2. The van der Waals surface area contributed by atoms with Crippen LogP contribution in [0.5, 0.6) is 0 Å². The van der Waals surface area contributed by atoms with E-state index in [0.29, 0.717) is 19.3 Å². The SMILES string of the molecule is OC1CCC(O)C(O)C1. The molecule has 0 bridgehead atoms. The number of hydrogen-bond donors (Lipinski definition) is 3. The van der Waals surface area contributed by atoms with E-state index in [-0.39, 0.29) is 0 Å². The molecule has 1 fully saturated rings. The van der Waals surface area contributed by atoms with E-state index in [9.17, 15) is 0 Å². The zero-order chi connectivity index (χ0) is 6.85. The zero-order valence-electron chi connectivity index (χ0n) is 5.20. The molecule has 1 rings (SSSR count). The van der Waals surface area contributed by atoms with Gasteiger partial charge in [0.25, 0.3) is 0 Å². The maximum Gasteiger partial charge on any atom is 0.0823 e. The molecular formula is C6H12O3. The first-order chi connectivity index (χ1) is 4.20. The van der Waals surface area contributed by atoms with E-state index in [1.54, 1.807) is 0 Å². The molecule has 3 nitrogen and oxygen atoms in total. The van der Waals surface area contributed by atoms with Crippen molar-refractivity contribution >= 4 is 0 Å². The minimum Gasteiger partial charge on any atom is -0.393 e. The lowest BCUT2D eigenvalue weighted by Crippen LogP contribution is -2.35. The van der Waals surface area contributed by atoms with E-state index in [1.165, 1.54) is 0 Å². The van der Waals surface area contributed by atoms with Gasteiger partial charge < -0.3 is 15.3 Å². The van der Waals surface area contributed by atoms with Crippen molar-refractivity contribution in [3.63, 3.8) is 0 Å². The summed E-state index contributed by atoms with van der Waals surface area (Å²) in [7, 11) is 0. The Balaban J connectivity index is 2.35. The minimum absolute atomic E-state index is 0.321. The van der Waals surface area contributed by atoms with Crippen LogP contribution < -0.4 is 0 Å². The molecule has 0 spiro atoms. The predicted molar refractivity (Wildman–Crippen MR) is 31.9 cm³/mol. The molecule has 0 radical (unpaired) electrons. The molecule has 0 saturated heterocycles. The van der Waals surface area contributed by atoms with Crippen molar-refractivity contribution in [1.29, 1.82) is 0 Å². The first kappa shape index (κ1) is 6.99. The fraction of sp³-hybridized carbons (Fsp3) is 1.00. The topological polar surface area (TPSA) is 60.7 Å². The van der Waals surface area contributed by atoms with Gasteiger partial charge in [0, 0.05) is 6.42 Å². The Kier molecular flexibility index (Phi) is 2.05. The van der Waals surface area contributed by atoms with Gasteiger partial charge in [0.05, 0.1) is 18.3 Å². The van der Waals surface area contributed by atoms with E-state index in [4.69, 9.17) is 15.3 Å². The van der Waals surface area contributed by atoms with Gasteiger partial charge in [0.1, 0.15) is 0 Å². The second-order valence-electron chi connectivity index (χ2n) is 2.60. The smallest absolute Gasteiger partial charge is 0.0823 e. The van der Waals surface area contributed by atoms with Gasteiger partial charge in [0.2, 0.25) is 0 Å². The van der Waals surface area contributed by atoms with Gasteiger partial charge in [-0.1, -0.05) is 0 Å². The Morgan fingerprint density at radius 1 is 0.889 bits per heavy atom. The summed E-state index contributed by atoms with van der Waals surface area (Å²) in [5.41, 5.74) is 0. The van der Waals surface area contributed by atoms with Crippen LogP contribution in [0.1, 0.15) is 19.3 Å². The van der Waals surface area contributed by atoms with E-state index in [1.807, 2.05) is 0 Å². The van der Waals surface area contributed by atoms with Crippen LogP contribution in [0.15, 0.2) is 0 Å². The van der Waals surface area contributed by atoms with Crippen molar-refractivity contribution in [2.75, 3.05) is 0 Å². The van der Waals surface area contributed by atoms with Gasteiger partial charge in [-0.2, -0.15) is 0 Å². The molecule has 1 aliphatic carbocycles. The van der Waals surface area contributed by atoms with E-state index in [2.05, 4.69) is 0 Å². The maximum absolute atomic E-state index is 8.94. The molecule has 54 valence electrons. The number of hydrogen-bond acceptors (Lipinski definition) is 3. The van der Waals surface area contributed by atoms with Crippen LogP contribution in [-0.4, -0.2) is 33.6 Å². The fourth-order valence-electron chi connectivity index (χ4n) is 1.11. The zero-order valence-corrected chi connectivity index (χ0v) is 5.20. The third kappa shape index (κ3) is 1.64. The average molecular weight is 132 g/mol. The van der Waals surface area contributed by atoms with Gasteiger partial charge in [-0.15, -0.1) is 0 Å². The van der Waals surface area contributed by atoms with Crippen molar-refractivity contribution in [3.8, 4) is 0 Å². The molecule has 3 atom stereocenters. The van der Waals surface area contributed by atoms with Gasteiger partial charge in [-0.25, -0.2) is 0 Å². The minimum atomic E-state index is -0.714. The monoisotopic (exact) mass is 132 g/mol. The van der Waals surface area contributed by atoms with Crippen LogP contribution in [0.3, 0.4) is 0 Å². The number of rotatable bonds is 0. The summed E-state index contributed by atoms with van der Waals surface area (Å²) in [5, 5.41) is 26.8. The van der Waals surface area contributed by atoms with Crippen LogP contribution >= 0.6 is 0 Å². The maximum atomic E-state index is 8.94. The molecule has 1 aliphatic rings. The Labute approximate surface area is 53.9 Å². The summed E-state index contributed by atoms with van der Waals surface area (Å²) in [6.07, 6.45) is -0.299. The molecule has 0 aromatic carbocycles. The largest absolute Gasteiger partial charge is 0.393 e. The van der Waals surface area contributed by atoms with Crippen LogP contribution in [0.25, 0.3) is 0 Å². The summed E-state index contributed by atoms with van der Waals surface area (Å²) < 4.78 is 0. The van der Waals surface area contributed by atoms with E-state index < -0.39 is 18.3 Å².